The summed E-state index contributed by atoms with van der Waals surface area (Å²) in [5, 5.41) is 8.30. The van der Waals surface area contributed by atoms with Gasteiger partial charge < -0.3 is 0 Å². The van der Waals surface area contributed by atoms with Crippen LogP contribution in [0.3, 0.4) is 0 Å². The first kappa shape index (κ1) is 11.4. The Labute approximate surface area is 111 Å². The fraction of sp³-hybridized carbons (Fsp3) is 0. The second kappa shape index (κ2) is 4.53. The van der Waals surface area contributed by atoms with Gasteiger partial charge in [0.25, 0.3) is 0 Å². The van der Waals surface area contributed by atoms with E-state index in [2.05, 4.69) is 23.5 Å². The zero-order valence-corrected chi connectivity index (χ0v) is 10.5. The number of hydrogen-bond acceptors (Lipinski definition) is 2. The van der Waals surface area contributed by atoms with Crippen molar-refractivity contribution >= 4 is 22.8 Å². The maximum atomic E-state index is 4.16. The molecule has 3 aromatic rings. The van der Waals surface area contributed by atoms with Crippen LogP contribution in [0.1, 0.15) is 11.1 Å². The molecule has 0 unspecified atom stereocenters. The average Bonchev–Trinajstić information content (AvgIpc) is 2.90. The fourth-order valence-electron chi connectivity index (χ4n) is 2.00. The Hall–Kier alpha value is -2.68. The van der Waals surface area contributed by atoms with Crippen molar-refractivity contribution in [3.8, 4) is 0 Å². The van der Waals surface area contributed by atoms with Gasteiger partial charge in [0.2, 0.25) is 0 Å². The Morgan fingerprint density at radius 1 is 1.05 bits per heavy atom. The highest BCUT2D eigenvalue weighted by atomic mass is 15.4. The predicted octanol–water partition coefficient (Wildman–Crippen LogP) is 3.59. The number of aromatic nitrogens is 3. The van der Waals surface area contributed by atoms with Crippen LogP contribution < -0.4 is 0 Å². The third-order valence-corrected chi connectivity index (χ3v) is 3.09. The summed E-state index contributed by atoms with van der Waals surface area (Å²) in [4.78, 5) is 0. The van der Waals surface area contributed by atoms with Gasteiger partial charge in [0, 0.05) is 0 Å². The van der Waals surface area contributed by atoms with Gasteiger partial charge in [-0.15, -0.1) is 5.10 Å². The molecule has 0 N–H and O–H groups in total. The summed E-state index contributed by atoms with van der Waals surface area (Å²) in [6, 6.07) is 15.9. The average molecular weight is 247 g/mol. The number of fused-ring (bicyclic) bond motifs is 1. The van der Waals surface area contributed by atoms with Gasteiger partial charge in [-0.25, -0.2) is 4.68 Å². The molecule has 0 radical (unpaired) electrons. The summed E-state index contributed by atoms with van der Waals surface area (Å²) in [7, 11) is 0. The lowest BCUT2D eigenvalue weighted by molar-refractivity contribution is 0.842. The highest BCUT2D eigenvalue weighted by Gasteiger charge is 2.08. The van der Waals surface area contributed by atoms with E-state index in [1.165, 1.54) is 0 Å². The summed E-state index contributed by atoms with van der Waals surface area (Å²) in [6.45, 7) is 7.85. The third kappa shape index (κ3) is 1.95. The van der Waals surface area contributed by atoms with Crippen molar-refractivity contribution in [3.05, 3.63) is 72.8 Å². The van der Waals surface area contributed by atoms with E-state index in [4.69, 9.17) is 0 Å². The van der Waals surface area contributed by atoms with Crippen LogP contribution in [-0.2, 0) is 0 Å². The second-order valence-corrected chi connectivity index (χ2v) is 4.26. The molecule has 0 saturated carbocycles. The summed E-state index contributed by atoms with van der Waals surface area (Å²) >= 11 is 0. The summed E-state index contributed by atoms with van der Waals surface area (Å²) in [5.74, 6) is 0. The van der Waals surface area contributed by atoms with E-state index < -0.39 is 0 Å². The van der Waals surface area contributed by atoms with Crippen molar-refractivity contribution < 1.29 is 0 Å². The molecule has 19 heavy (non-hydrogen) atoms. The van der Waals surface area contributed by atoms with Crippen molar-refractivity contribution in [3.63, 3.8) is 0 Å². The van der Waals surface area contributed by atoms with Crippen LogP contribution in [0.5, 0.6) is 0 Å². The first-order valence-corrected chi connectivity index (χ1v) is 6.02. The van der Waals surface area contributed by atoms with Crippen LogP contribution in [0.25, 0.3) is 22.8 Å². The summed E-state index contributed by atoms with van der Waals surface area (Å²) in [6.07, 6.45) is 1.82. The molecule has 0 amide bonds. The van der Waals surface area contributed by atoms with Crippen LogP contribution in [0, 0.1) is 0 Å². The Morgan fingerprint density at radius 2 is 1.79 bits per heavy atom. The molecule has 1 heterocycles. The topological polar surface area (TPSA) is 30.7 Å². The van der Waals surface area contributed by atoms with Gasteiger partial charge in [0.05, 0.1) is 11.2 Å². The van der Waals surface area contributed by atoms with Gasteiger partial charge in [0.1, 0.15) is 5.52 Å². The first-order chi connectivity index (χ1) is 9.29. The highest BCUT2D eigenvalue weighted by Crippen LogP contribution is 2.20. The molecular weight excluding hydrogens is 234 g/mol. The van der Waals surface area contributed by atoms with Gasteiger partial charge in [-0.1, -0.05) is 60.8 Å². The number of para-hydroxylation sites is 1. The second-order valence-electron chi connectivity index (χ2n) is 4.26. The zero-order chi connectivity index (χ0) is 13.2. The molecular formula is C16H13N3. The Balaban J connectivity index is 2.05. The lowest BCUT2D eigenvalue weighted by Crippen LogP contribution is -1.99. The van der Waals surface area contributed by atoms with Crippen LogP contribution in [0.15, 0.2) is 61.7 Å². The molecule has 0 spiro atoms. The number of benzene rings is 2. The molecule has 2 aromatic carbocycles. The van der Waals surface area contributed by atoms with Crippen molar-refractivity contribution in [2.75, 3.05) is 0 Å². The maximum absolute atomic E-state index is 4.16. The normalized spacial score (nSPS) is 10.5. The summed E-state index contributed by atoms with van der Waals surface area (Å²) < 4.78 is 1.76. The van der Waals surface area contributed by atoms with Crippen LogP contribution in [0.4, 0.5) is 0 Å². The lowest BCUT2D eigenvalue weighted by atomic mass is 10.1. The van der Waals surface area contributed by atoms with Crippen molar-refractivity contribution in [1.82, 2.24) is 15.0 Å². The van der Waals surface area contributed by atoms with E-state index in [1.54, 1.807) is 4.68 Å². The van der Waals surface area contributed by atoms with Crippen molar-refractivity contribution in [1.29, 1.82) is 0 Å². The maximum Gasteiger partial charge on any atom is 0.113 e. The van der Waals surface area contributed by atoms with E-state index in [9.17, 15) is 0 Å². The van der Waals surface area contributed by atoms with E-state index in [0.29, 0.717) is 0 Å². The molecule has 0 atom stereocenters. The van der Waals surface area contributed by atoms with Crippen LogP contribution in [0.2, 0.25) is 0 Å². The largest absolute Gasteiger partial charge is 0.213 e. The highest BCUT2D eigenvalue weighted by molar-refractivity contribution is 5.80. The van der Waals surface area contributed by atoms with Crippen molar-refractivity contribution in [2.45, 2.75) is 0 Å². The molecule has 3 heteroatoms. The molecule has 0 bridgehead atoms. The summed E-state index contributed by atoms with van der Waals surface area (Å²) in [5.41, 5.74) is 4.73. The molecule has 92 valence electrons. The molecule has 0 saturated heterocycles. The van der Waals surface area contributed by atoms with Crippen molar-refractivity contribution in [2.24, 2.45) is 0 Å². The van der Waals surface area contributed by atoms with E-state index in [1.807, 2.05) is 54.6 Å². The number of nitrogens with zero attached hydrogens (tertiary/aromatic N) is 3. The fourth-order valence-corrected chi connectivity index (χ4v) is 2.00. The Kier molecular flexibility index (Phi) is 2.72. The quantitative estimate of drug-likeness (QED) is 0.708. The molecule has 0 aliphatic rings. The molecule has 0 aliphatic carbocycles. The molecule has 3 rings (SSSR count). The SMILES string of the molecule is C=Cc1ccc(C(=C)n2nnc3ccccc32)cc1. The van der Waals surface area contributed by atoms with Gasteiger partial charge in [-0.2, -0.15) is 0 Å². The van der Waals surface area contributed by atoms with E-state index in [-0.39, 0.29) is 0 Å². The van der Waals surface area contributed by atoms with E-state index >= 15 is 0 Å². The minimum atomic E-state index is 0.810. The number of hydrogen-bond donors (Lipinski definition) is 0. The smallest absolute Gasteiger partial charge is 0.113 e. The molecule has 1 aromatic heterocycles. The lowest BCUT2D eigenvalue weighted by Gasteiger charge is -2.06. The van der Waals surface area contributed by atoms with E-state index in [0.717, 1.165) is 27.9 Å². The van der Waals surface area contributed by atoms with Gasteiger partial charge >= 0.3 is 0 Å². The first-order valence-electron chi connectivity index (χ1n) is 6.02. The predicted molar refractivity (Wildman–Crippen MR) is 78.5 cm³/mol. The molecule has 0 fully saturated rings. The monoisotopic (exact) mass is 247 g/mol. The molecule has 0 aliphatic heterocycles. The standard InChI is InChI=1S/C16H13N3/c1-3-13-8-10-14(11-9-13)12(2)19-16-7-5-4-6-15(16)17-18-19/h3-11H,1-2H2. The third-order valence-electron chi connectivity index (χ3n) is 3.09. The Bertz CT molecular complexity index is 751. The minimum Gasteiger partial charge on any atom is -0.213 e. The van der Waals surface area contributed by atoms with Gasteiger partial charge in [-0.05, 0) is 23.3 Å². The van der Waals surface area contributed by atoms with Crippen LogP contribution in [-0.4, -0.2) is 15.0 Å². The van der Waals surface area contributed by atoms with Gasteiger partial charge in [0.15, 0.2) is 0 Å². The number of rotatable bonds is 3. The zero-order valence-electron chi connectivity index (χ0n) is 10.5. The Morgan fingerprint density at radius 3 is 2.53 bits per heavy atom. The van der Waals surface area contributed by atoms with Gasteiger partial charge in [-0.3, -0.25) is 0 Å². The van der Waals surface area contributed by atoms with Crippen LogP contribution >= 0.6 is 0 Å². The minimum absolute atomic E-state index is 0.810. The molecule has 3 nitrogen and oxygen atoms in total.